The number of benzene rings is 1. The minimum absolute atomic E-state index is 0.00645. The third-order valence-electron chi connectivity index (χ3n) is 4.21. The van der Waals surface area contributed by atoms with Crippen molar-refractivity contribution >= 4 is 29.2 Å². The Morgan fingerprint density at radius 3 is 2.68 bits per heavy atom. The summed E-state index contributed by atoms with van der Waals surface area (Å²) in [4.78, 5) is 40.4. The Morgan fingerprint density at radius 1 is 1.28 bits per heavy atom. The number of nitrogens with one attached hydrogen (secondary N) is 1. The highest BCUT2D eigenvalue weighted by atomic mass is 32.1. The molecular formula is C18H19N3O3S. The minimum atomic E-state index is -0.421. The van der Waals surface area contributed by atoms with E-state index in [1.807, 2.05) is 18.4 Å². The van der Waals surface area contributed by atoms with E-state index >= 15 is 0 Å². The van der Waals surface area contributed by atoms with Gasteiger partial charge in [0.2, 0.25) is 5.91 Å². The molecule has 4 amide bonds. The van der Waals surface area contributed by atoms with Crippen LogP contribution in [0.25, 0.3) is 0 Å². The number of imide groups is 1. The van der Waals surface area contributed by atoms with Gasteiger partial charge in [-0.3, -0.25) is 14.5 Å². The fourth-order valence-corrected chi connectivity index (χ4v) is 3.67. The van der Waals surface area contributed by atoms with Crippen LogP contribution in [0.5, 0.6) is 0 Å². The van der Waals surface area contributed by atoms with Gasteiger partial charge >= 0.3 is 6.03 Å². The molecule has 0 bridgehead atoms. The molecule has 0 atom stereocenters. The van der Waals surface area contributed by atoms with Gasteiger partial charge in [-0.2, -0.15) is 0 Å². The van der Waals surface area contributed by atoms with Crippen molar-refractivity contribution in [3.8, 4) is 0 Å². The molecule has 7 heteroatoms. The standard InChI is InChI=1S/C18H19N3O3S/c1-12-7-8-25-15(12)11-20(2)17(23)14-6-4-3-5-13(14)10-21-16(22)9-19-18(21)24/h3-8H,9-11H2,1-2H3,(H,19,24). The molecule has 3 rings (SSSR count). The monoisotopic (exact) mass is 357 g/mol. The molecule has 2 aromatic rings. The Balaban J connectivity index is 1.80. The van der Waals surface area contributed by atoms with Crippen LogP contribution in [0.3, 0.4) is 0 Å². The zero-order valence-electron chi connectivity index (χ0n) is 14.1. The molecule has 1 aliphatic rings. The molecule has 1 saturated heterocycles. The number of rotatable bonds is 5. The topological polar surface area (TPSA) is 69.7 Å². The molecule has 25 heavy (non-hydrogen) atoms. The van der Waals surface area contributed by atoms with Crippen LogP contribution in [-0.4, -0.2) is 41.2 Å². The smallest absolute Gasteiger partial charge is 0.324 e. The van der Waals surface area contributed by atoms with Crippen LogP contribution >= 0.6 is 11.3 Å². The second kappa shape index (κ2) is 7.06. The summed E-state index contributed by atoms with van der Waals surface area (Å²) >= 11 is 1.62. The maximum Gasteiger partial charge on any atom is 0.324 e. The molecule has 6 nitrogen and oxygen atoms in total. The normalized spacial score (nSPS) is 13.9. The van der Waals surface area contributed by atoms with Crippen LogP contribution in [0.1, 0.15) is 26.4 Å². The fraction of sp³-hybridized carbons (Fsp3) is 0.278. The number of nitrogens with zero attached hydrogens (tertiary/aromatic N) is 2. The quantitative estimate of drug-likeness (QED) is 0.836. The summed E-state index contributed by atoms with van der Waals surface area (Å²) in [6, 6.07) is 8.70. The van der Waals surface area contributed by atoms with E-state index < -0.39 is 6.03 Å². The van der Waals surface area contributed by atoms with Gasteiger partial charge in [0.25, 0.3) is 5.91 Å². The zero-order chi connectivity index (χ0) is 18.0. The molecule has 1 aromatic carbocycles. The lowest BCUT2D eigenvalue weighted by atomic mass is 10.1. The van der Waals surface area contributed by atoms with Crippen molar-refractivity contribution in [2.75, 3.05) is 13.6 Å². The molecule has 0 spiro atoms. The highest BCUT2D eigenvalue weighted by Gasteiger charge is 2.29. The summed E-state index contributed by atoms with van der Waals surface area (Å²) in [7, 11) is 1.76. The lowest BCUT2D eigenvalue weighted by Gasteiger charge is -2.20. The Bertz CT molecular complexity index is 814. The van der Waals surface area contributed by atoms with Gasteiger partial charge in [0.1, 0.15) is 0 Å². The van der Waals surface area contributed by atoms with E-state index in [-0.39, 0.29) is 24.9 Å². The number of urea groups is 1. The third-order valence-corrected chi connectivity index (χ3v) is 5.22. The molecule has 1 fully saturated rings. The SMILES string of the molecule is Cc1ccsc1CN(C)C(=O)c1ccccc1CN1C(=O)CNC1=O. The van der Waals surface area contributed by atoms with Gasteiger partial charge in [-0.1, -0.05) is 18.2 Å². The summed E-state index contributed by atoms with van der Waals surface area (Å²) in [5.74, 6) is -0.412. The second-order valence-corrected chi connectivity index (χ2v) is 6.98. The van der Waals surface area contributed by atoms with E-state index in [0.717, 1.165) is 15.3 Å². The molecule has 1 aromatic heterocycles. The Hall–Kier alpha value is -2.67. The Labute approximate surface area is 150 Å². The van der Waals surface area contributed by atoms with Gasteiger partial charge in [-0.05, 0) is 35.6 Å². The summed E-state index contributed by atoms with van der Waals surface area (Å²) in [5, 5.41) is 4.50. The van der Waals surface area contributed by atoms with Crippen molar-refractivity contribution in [2.45, 2.75) is 20.0 Å². The number of aryl methyl sites for hydroxylation is 1. The summed E-state index contributed by atoms with van der Waals surface area (Å²) in [6.45, 7) is 2.65. The van der Waals surface area contributed by atoms with Crippen molar-refractivity contribution in [1.29, 1.82) is 0 Å². The predicted octanol–water partition coefficient (Wildman–Crippen LogP) is 2.38. The average molecular weight is 357 g/mol. The number of hydrogen-bond acceptors (Lipinski definition) is 4. The van der Waals surface area contributed by atoms with Gasteiger partial charge in [0.05, 0.1) is 19.6 Å². The van der Waals surface area contributed by atoms with Crippen molar-refractivity contribution < 1.29 is 14.4 Å². The lowest BCUT2D eigenvalue weighted by Crippen LogP contribution is -2.32. The van der Waals surface area contributed by atoms with Crippen molar-refractivity contribution in [2.24, 2.45) is 0 Å². The van der Waals surface area contributed by atoms with Crippen LogP contribution < -0.4 is 5.32 Å². The van der Waals surface area contributed by atoms with E-state index in [1.54, 1.807) is 47.5 Å². The molecule has 1 N–H and O–H groups in total. The van der Waals surface area contributed by atoms with E-state index in [0.29, 0.717) is 17.7 Å². The van der Waals surface area contributed by atoms with Gasteiger partial charge in [0, 0.05) is 17.5 Å². The van der Waals surface area contributed by atoms with E-state index in [4.69, 9.17) is 0 Å². The van der Waals surface area contributed by atoms with Crippen LogP contribution in [-0.2, 0) is 17.9 Å². The van der Waals surface area contributed by atoms with E-state index in [9.17, 15) is 14.4 Å². The molecule has 1 aliphatic heterocycles. The van der Waals surface area contributed by atoms with Crippen LogP contribution in [0.15, 0.2) is 35.7 Å². The maximum absolute atomic E-state index is 12.9. The number of carbonyl (C=O) groups is 3. The Morgan fingerprint density at radius 2 is 2.04 bits per heavy atom. The minimum Gasteiger partial charge on any atom is -0.337 e. The molecule has 0 aliphatic carbocycles. The third kappa shape index (κ3) is 3.56. The number of thiophene rings is 1. The first kappa shape index (κ1) is 17.2. The first-order valence-corrected chi connectivity index (χ1v) is 8.80. The second-order valence-electron chi connectivity index (χ2n) is 5.98. The molecule has 2 heterocycles. The molecule has 130 valence electrons. The van der Waals surface area contributed by atoms with Crippen LogP contribution in [0.2, 0.25) is 0 Å². The number of carbonyl (C=O) groups excluding carboxylic acids is 3. The lowest BCUT2D eigenvalue weighted by molar-refractivity contribution is -0.125. The van der Waals surface area contributed by atoms with Gasteiger partial charge < -0.3 is 10.2 Å². The van der Waals surface area contributed by atoms with Gasteiger partial charge in [0.15, 0.2) is 0 Å². The molecule has 0 radical (unpaired) electrons. The maximum atomic E-state index is 12.9. The summed E-state index contributed by atoms with van der Waals surface area (Å²) < 4.78 is 0. The van der Waals surface area contributed by atoms with Crippen molar-refractivity contribution in [3.63, 3.8) is 0 Å². The van der Waals surface area contributed by atoms with Gasteiger partial charge in [-0.25, -0.2) is 4.79 Å². The highest BCUT2D eigenvalue weighted by molar-refractivity contribution is 7.10. The number of amides is 4. The van der Waals surface area contributed by atoms with Gasteiger partial charge in [-0.15, -0.1) is 11.3 Å². The summed E-state index contributed by atoms with van der Waals surface area (Å²) in [5.41, 5.74) is 2.33. The number of hydrogen-bond donors (Lipinski definition) is 1. The largest absolute Gasteiger partial charge is 0.337 e. The molecule has 0 saturated carbocycles. The average Bonchev–Trinajstić information content (AvgIpc) is 3.14. The van der Waals surface area contributed by atoms with E-state index in [2.05, 4.69) is 5.32 Å². The van der Waals surface area contributed by atoms with Crippen molar-refractivity contribution in [3.05, 3.63) is 57.3 Å². The van der Waals surface area contributed by atoms with Crippen LogP contribution in [0, 0.1) is 6.92 Å². The predicted molar refractivity (Wildman–Crippen MR) is 95.2 cm³/mol. The molecule has 0 unspecified atom stereocenters. The van der Waals surface area contributed by atoms with Crippen molar-refractivity contribution in [1.82, 2.24) is 15.1 Å². The highest BCUT2D eigenvalue weighted by Crippen LogP contribution is 2.20. The zero-order valence-corrected chi connectivity index (χ0v) is 14.9. The first-order valence-electron chi connectivity index (χ1n) is 7.92. The summed E-state index contributed by atoms with van der Waals surface area (Å²) in [6.07, 6.45) is 0. The fourth-order valence-electron chi connectivity index (χ4n) is 2.71. The van der Waals surface area contributed by atoms with E-state index in [1.165, 1.54) is 0 Å². The molecular weight excluding hydrogens is 338 g/mol. The first-order chi connectivity index (χ1) is 12.0. The van der Waals surface area contributed by atoms with Crippen LogP contribution in [0.4, 0.5) is 4.79 Å². The Kier molecular flexibility index (Phi) is 4.85.